The zero-order valence-electron chi connectivity index (χ0n) is 32.6. The summed E-state index contributed by atoms with van der Waals surface area (Å²) in [6, 6.07) is 20.0. The van der Waals surface area contributed by atoms with Crippen LogP contribution < -0.4 is 29.4 Å². The fraction of sp³-hybridized carbons (Fsp3) is 0.318. The van der Waals surface area contributed by atoms with Gasteiger partial charge in [-0.25, -0.2) is 19.7 Å². The lowest BCUT2D eigenvalue weighted by Gasteiger charge is -2.39. The van der Waals surface area contributed by atoms with E-state index in [0.717, 1.165) is 41.6 Å². The molecule has 6 aromatic rings. The van der Waals surface area contributed by atoms with Crippen LogP contribution in [0.4, 0.5) is 10.6 Å². The van der Waals surface area contributed by atoms with Gasteiger partial charge >= 0.3 is 6.09 Å². The van der Waals surface area contributed by atoms with Gasteiger partial charge < -0.3 is 43.6 Å². The molecule has 2 atom stereocenters. The van der Waals surface area contributed by atoms with Gasteiger partial charge in [-0.1, -0.05) is 18.2 Å². The van der Waals surface area contributed by atoms with E-state index < -0.39 is 12.1 Å². The van der Waals surface area contributed by atoms with Crippen LogP contribution in [0.25, 0.3) is 11.2 Å². The number of carbonyl (C=O) groups excluding carboxylic acids is 1. The number of likely N-dealkylation sites (N-methyl/N-ethyl adjacent to an activating group) is 1. The number of nitrogens with zero attached hydrogens (tertiary/aromatic N) is 6. The number of carbonyl (C=O) groups is 1. The maximum absolute atomic E-state index is 14.2. The molecule has 14 heteroatoms. The lowest BCUT2D eigenvalue weighted by atomic mass is 9.86. The highest BCUT2D eigenvalue weighted by Crippen LogP contribution is 2.57. The number of nitrogens with two attached hydrogens (primary N) is 1. The molecule has 0 aliphatic carbocycles. The van der Waals surface area contributed by atoms with Crippen LogP contribution in [0.2, 0.25) is 0 Å². The highest BCUT2D eigenvalue weighted by atomic mass is 16.6. The van der Waals surface area contributed by atoms with Gasteiger partial charge in [-0.05, 0) is 109 Å². The molecule has 4 aromatic carbocycles. The molecule has 0 spiro atoms. The normalized spacial score (nSPS) is 17.8. The molecule has 1 amide bonds. The minimum atomic E-state index is -0.447. The Morgan fingerprint density at radius 2 is 1.59 bits per heavy atom. The summed E-state index contributed by atoms with van der Waals surface area (Å²) in [6.45, 7) is 2.07. The summed E-state index contributed by atoms with van der Waals surface area (Å²) in [6.07, 6.45) is 5.92. The predicted octanol–water partition coefficient (Wildman–Crippen LogP) is 7.57. The number of aryl methyl sites for hydroxylation is 1. The van der Waals surface area contributed by atoms with Gasteiger partial charge in [0.05, 0.1) is 33.2 Å². The molecule has 58 heavy (non-hydrogen) atoms. The van der Waals surface area contributed by atoms with E-state index in [-0.39, 0.29) is 12.6 Å². The first-order chi connectivity index (χ1) is 28.3. The summed E-state index contributed by atoms with van der Waals surface area (Å²) in [5.74, 6) is 5.21. The number of methoxy groups -OCH3 is 2. The van der Waals surface area contributed by atoms with Gasteiger partial charge in [-0.2, -0.15) is 0 Å². The van der Waals surface area contributed by atoms with Crippen LogP contribution in [0.15, 0.2) is 73.3 Å². The van der Waals surface area contributed by atoms with Crippen molar-refractivity contribution < 1.29 is 33.2 Å². The van der Waals surface area contributed by atoms with Crippen LogP contribution in [0.3, 0.4) is 0 Å². The minimum absolute atomic E-state index is 0.0783. The van der Waals surface area contributed by atoms with Crippen LogP contribution in [0.1, 0.15) is 51.9 Å². The SMILES string of the molecule is COc1ccc2cc1Oc1ccc(cc1)C[C@H]1c3c(cc(OC)c4c3Oc3cc5c(cc3O4)CCN(C)[C@H]5C2)CCN1C(=O)OCCCn1cnc2c(N)ncnc21. The Hall–Kier alpha value is -6.54. The topological polar surface area (TPSA) is 149 Å². The van der Waals surface area contributed by atoms with E-state index in [1.54, 1.807) is 20.5 Å². The number of fused-ring (bicyclic) bond motifs is 3. The summed E-state index contributed by atoms with van der Waals surface area (Å²) < 4.78 is 39.8. The number of rotatable bonds is 6. The summed E-state index contributed by atoms with van der Waals surface area (Å²) >= 11 is 0. The van der Waals surface area contributed by atoms with E-state index in [1.807, 2.05) is 45.9 Å². The van der Waals surface area contributed by atoms with Crippen molar-refractivity contribution in [3.63, 3.8) is 0 Å². The molecule has 5 aliphatic rings. The third kappa shape index (κ3) is 6.24. The van der Waals surface area contributed by atoms with Crippen LogP contribution >= 0.6 is 0 Å². The summed E-state index contributed by atoms with van der Waals surface area (Å²) in [5, 5.41) is 0. The number of nitrogen functional groups attached to an aromatic ring is 1. The average molecular weight is 782 g/mol. The van der Waals surface area contributed by atoms with Crippen molar-refractivity contribution in [1.29, 1.82) is 0 Å². The lowest BCUT2D eigenvalue weighted by molar-refractivity contribution is 0.0799. The zero-order valence-corrected chi connectivity index (χ0v) is 32.6. The van der Waals surface area contributed by atoms with E-state index in [4.69, 9.17) is 34.2 Å². The lowest BCUT2D eigenvalue weighted by Crippen LogP contribution is -2.41. The third-order valence-corrected chi connectivity index (χ3v) is 11.8. The second-order valence-corrected chi connectivity index (χ2v) is 15.2. The number of anilines is 1. The Kier molecular flexibility index (Phi) is 8.92. The summed E-state index contributed by atoms with van der Waals surface area (Å²) in [7, 11) is 5.46. The molecule has 2 aromatic heterocycles. The molecule has 11 rings (SSSR count). The standard InChI is InChI=1S/C44H43N7O7/c1-49-14-11-27-20-35-36-22-30(27)31(49)18-26-7-10-33(53-2)34(19-26)56-29-8-5-25(6-9-29)17-32-38-28(21-37(54-3)40(57-35)41(38)58-36)12-15-51(32)44(52)55-16-4-13-50-24-48-39-42(45)46-23-47-43(39)50/h5-10,19-24,31-32H,4,11-18H2,1-3H3,(H2,45,46,47)/t31-,32-/m0/s1. The highest BCUT2D eigenvalue weighted by Gasteiger charge is 2.40. The van der Waals surface area contributed by atoms with Crippen LogP contribution in [0.5, 0.6) is 46.0 Å². The molecule has 7 bridgehead atoms. The maximum atomic E-state index is 14.2. The van der Waals surface area contributed by atoms with Gasteiger partial charge in [-0.15, -0.1) is 0 Å². The van der Waals surface area contributed by atoms with Crippen molar-refractivity contribution >= 4 is 23.1 Å². The van der Waals surface area contributed by atoms with Gasteiger partial charge in [0.1, 0.15) is 17.6 Å². The van der Waals surface area contributed by atoms with E-state index in [2.05, 4.69) is 51.2 Å². The van der Waals surface area contributed by atoms with E-state index in [9.17, 15) is 4.79 Å². The minimum Gasteiger partial charge on any atom is -0.493 e. The largest absolute Gasteiger partial charge is 0.493 e. The molecule has 0 radical (unpaired) electrons. The van der Waals surface area contributed by atoms with Crippen molar-refractivity contribution in [3.8, 4) is 46.0 Å². The molecule has 14 nitrogen and oxygen atoms in total. The molecule has 5 aliphatic heterocycles. The molecule has 2 N–H and O–H groups in total. The van der Waals surface area contributed by atoms with Gasteiger partial charge in [0, 0.05) is 31.2 Å². The molecule has 0 saturated heterocycles. The van der Waals surface area contributed by atoms with Crippen LogP contribution in [-0.4, -0.2) is 76.4 Å². The number of imidazole rings is 1. The first kappa shape index (κ1) is 35.8. The molecule has 0 fully saturated rings. The Balaban J connectivity index is 1.03. The number of amides is 1. The maximum Gasteiger partial charge on any atom is 0.410 e. The Bertz CT molecular complexity index is 2580. The van der Waals surface area contributed by atoms with E-state index in [1.165, 1.54) is 17.5 Å². The smallest absolute Gasteiger partial charge is 0.410 e. The molecule has 0 unspecified atom stereocenters. The molecule has 0 saturated carbocycles. The zero-order chi connectivity index (χ0) is 39.5. The Labute approximate surface area is 335 Å². The Morgan fingerprint density at radius 1 is 0.810 bits per heavy atom. The molecule has 7 heterocycles. The van der Waals surface area contributed by atoms with Gasteiger partial charge in [0.25, 0.3) is 0 Å². The molecular weight excluding hydrogens is 739 g/mol. The van der Waals surface area contributed by atoms with Gasteiger partial charge in [-0.3, -0.25) is 4.90 Å². The van der Waals surface area contributed by atoms with Gasteiger partial charge in [0.15, 0.2) is 46.0 Å². The number of hydrogen-bond donors (Lipinski definition) is 1. The van der Waals surface area contributed by atoms with E-state index >= 15 is 0 Å². The first-order valence-electron chi connectivity index (χ1n) is 19.6. The number of benzene rings is 4. The molecular formula is C44H43N7O7. The fourth-order valence-electron chi connectivity index (χ4n) is 8.80. The second kappa shape index (κ2) is 14.4. The van der Waals surface area contributed by atoms with Crippen molar-refractivity contribution in [3.05, 3.63) is 107 Å². The monoisotopic (exact) mass is 781 g/mol. The van der Waals surface area contributed by atoms with Crippen molar-refractivity contribution in [1.82, 2.24) is 29.3 Å². The fourth-order valence-corrected chi connectivity index (χ4v) is 8.80. The predicted molar refractivity (Wildman–Crippen MR) is 214 cm³/mol. The highest BCUT2D eigenvalue weighted by molar-refractivity contribution is 5.81. The molecule has 296 valence electrons. The van der Waals surface area contributed by atoms with Crippen molar-refractivity contribution in [2.24, 2.45) is 0 Å². The Morgan fingerprint density at radius 3 is 2.43 bits per heavy atom. The number of ether oxygens (including phenoxy) is 6. The quantitative estimate of drug-likeness (QED) is 0.166. The van der Waals surface area contributed by atoms with Gasteiger partial charge in [0.2, 0.25) is 5.75 Å². The number of aromatic nitrogens is 4. The van der Waals surface area contributed by atoms with Crippen molar-refractivity contribution in [2.45, 2.75) is 50.7 Å². The third-order valence-electron chi connectivity index (χ3n) is 11.8. The first-order valence-corrected chi connectivity index (χ1v) is 19.6. The van der Waals surface area contributed by atoms with Crippen molar-refractivity contribution in [2.75, 3.05) is 46.7 Å². The summed E-state index contributed by atoms with van der Waals surface area (Å²) in [4.78, 5) is 31.1. The number of hydrogen-bond acceptors (Lipinski definition) is 12. The van der Waals surface area contributed by atoms with Crippen LogP contribution in [-0.2, 0) is 37.0 Å². The average Bonchev–Trinajstić information content (AvgIpc) is 3.66. The van der Waals surface area contributed by atoms with Crippen LogP contribution in [0, 0.1) is 0 Å². The second-order valence-electron chi connectivity index (χ2n) is 15.2. The summed E-state index contributed by atoms with van der Waals surface area (Å²) in [5.41, 5.74) is 13.6. The van der Waals surface area contributed by atoms with E-state index in [0.29, 0.717) is 95.3 Å².